The molecule has 0 aliphatic heterocycles. The van der Waals surface area contributed by atoms with Crippen molar-refractivity contribution in [1.29, 1.82) is 0 Å². The van der Waals surface area contributed by atoms with Crippen molar-refractivity contribution in [3.63, 3.8) is 0 Å². The molecule has 56 heavy (non-hydrogen) atoms. The van der Waals surface area contributed by atoms with Gasteiger partial charge in [0, 0.05) is 12.8 Å². The Morgan fingerprint density at radius 1 is 0.536 bits per heavy atom. The second-order valence-corrected chi connectivity index (χ2v) is 15.8. The van der Waals surface area contributed by atoms with Gasteiger partial charge in [-0.3, -0.25) is 9.59 Å². The van der Waals surface area contributed by atoms with E-state index in [1.165, 1.54) is 89.9 Å². The maximum atomic E-state index is 12.8. The Morgan fingerprint density at radius 3 is 1.48 bits per heavy atom. The molecule has 0 aromatic heterocycles. The molecule has 7 heteroatoms. The smallest absolute Gasteiger partial charge is 0.326 e. The zero-order chi connectivity index (χ0) is 41.0. The van der Waals surface area contributed by atoms with Crippen molar-refractivity contribution in [2.75, 3.05) is 6.54 Å². The molecule has 0 rings (SSSR count). The highest BCUT2D eigenvalue weighted by Gasteiger charge is 2.19. The largest absolute Gasteiger partial charge is 0.480 e. The number of hydrogen-bond donors (Lipinski definition) is 3. The van der Waals surface area contributed by atoms with Crippen LogP contribution in [0.4, 0.5) is 0 Å². The van der Waals surface area contributed by atoms with Crippen LogP contribution in [0.15, 0.2) is 48.6 Å². The summed E-state index contributed by atoms with van der Waals surface area (Å²) in [5.41, 5.74) is 5.49. The monoisotopic (exact) mass is 785 g/mol. The number of unbranched alkanes of at least 4 members (excludes halogenated alkanes) is 20. The van der Waals surface area contributed by atoms with E-state index in [2.05, 4.69) is 67.8 Å². The number of carbonyl (C=O) groups excluding carboxylic acids is 2. The molecule has 0 aromatic rings. The van der Waals surface area contributed by atoms with Gasteiger partial charge in [-0.1, -0.05) is 172 Å². The third-order valence-corrected chi connectivity index (χ3v) is 10.4. The summed E-state index contributed by atoms with van der Waals surface area (Å²) in [5, 5.41) is 12.0. The quantitative estimate of drug-likeness (QED) is 0.0322. The molecular weight excluding hydrogens is 697 g/mol. The molecule has 324 valence electrons. The first kappa shape index (κ1) is 53.3. The maximum Gasteiger partial charge on any atom is 0.326 e. The number of hydrogen-bond acceptors (Lipinski definition) is 5. The van der Waals surface area contributed by atoms with Crippen molar-refractivity contribution in [2.24, 2.45) is 5.73 Å². The Hall–Kier alpha value is -2.67. The number of ether oxygens (including phenoxy) is 1. The van der Waals surface area contributed by atoms with E-state index in [1.54, 1.807) is 0 Å². The fraction of sp³-hybridized carbons (Fsp3) is 0.776. The molecule has 2 unspecified atom stereocenters. The van der Waals surface area contributed by atoms with Crippen LogP contribution in [0.1, 0.15) is 226 Å². The van der Waals surface area contributed by atoms with E-state index >= 15 is 0 Å². The lowest BCUT2D eigenvalue weighted by Crippen LogP contribution is -2.40. The number of carboxylic acids is 1. The van der Waals surface area contributed by atoms with Gasteiger partial charge in [-0.05, 0) is 96.4 Å². The Bertz CT molecular complexity index is 1020. The molecular formula is C49H88N2O5. The van der Waals surface area contributed by atoms with Gasteiger partial charge in [0.05, 0.1) is 0 Å². The van der Waals surface area contributed by atoms with Gasteiger partial charge in [0.2, 0.25) is 5.91 Å². The Balaban J connectivity index is 4.29. The van der Waals surface area contributed by atoms with Gasteiger partial charge in [-0.15, -0.1) is 0 Å². The summed E-state index contributed by atoms with van der Waals surface area (Å²) in [7, 11) is 0. The van der Waals surface area contributed by atoms with Gasteiger partial charge in [0.25, 0.3) is 0 Å². The van der Waals surface area contributed by atoms with Crippen molar-refractivity contribution in [3.05, 3.63) is 48.6 Å². The minimum Gasteiger partial charge on any atom is -0.480 e. The summed E-state index contributed by atoms with van der Waals surface area (Å²) in [5.74, 6) is -1.24. The minimum absolute atomic E-state index is 0.00618. The highest BCUT2D eigenvalue weighted by atomic mass is 16.5. The number of nitrogens with one attached hydrogen (secondary N) is 1. The Morgan fingerprint density at radius 2 is 0.982 bits per heavy atom. The molecule has 0 aromatic carbocycles. The zero-order valence-corrected chi connectivity index (χ0v) is 36.5. The number of nitrogens with two attached hydrogens (primary N) is 1. The lowest BCUT2D eigenvalue weighted by atomic mass is 10.0. The van der Waals surface area contributed by atoms with Crippen molar-refractivity contribution in [1.82, 2.24) is 5.32 Å². The summed E-state index contributed by atoms with van der Waals surface area (Å²) < 4.78 is 6.06. The summed E-state index contributed by atoms with van der Waals surface area (Å²) in [6.07, 6.45) is 53.0. The van der Waals surface area contributed by atoms with E-state index < -0.39 is 12.0 Å². The number of esters is 1. The average molecular weight is 785 g/mol. The fourth-order valence-corrected chi connectivity index (χ4v) is 6.91. The molecule has 0 spiro atoms. The highest BCUT2D eigenvalue weighted by molar-refractivity contribution is 5.83. The molecule has 0 saturated carbocycles. The van der Waals surface area contributed by atoms with E-state index in [4.69, 9.17) is 10.5 Å². The van der Waals surface area contributed by atoms with Crippen LogP contribution in [0.2, 0.25) is 0 Å². The fourth-order valence-electron chi connectivity index (χ4n) is 6.91. The molecule has 0 heterocycles. The molecule has 7 nitrogen and oxygen atoms in total. The predicted octanol–water partition coefficient (Wildman–Crippen LogP) is 13.6. The number of carboxylic acid groups (broad SMARTS) is 1. The minimum atomic E-state index is -1.00. The molecule has 1 amide bonds. The normalized spacial score (nSPS) is 13.1. The second-order valence-electron chi connectivity index (χ2n) is 15.8. The molecule has 0 aliphatic rings. The Kier molecular flexibility index (Phi) is 41.4. The van der Waals surface area contributed by atoms with Crippen molar-refractivity contribution in [2.45, 2.75) is 238 Å². The van der Waals surface area contributed by atoms with E-state index in [-0.39, 0.29) is 18.0 Å². The van der Waals surface area contributed by atoms with E-state index in [1.807, 2.05) is 0 Å². The Labute approximate surface area is 345 Å². The van der Waals surface area contributed by atoms with Crippen molar-refractivity contribution < 1.29 is 24.2 Å². The molecule has 0 fully saturated rings. The number of amides is 1. The zero-order valence-electron chi connectivity index (χ0n) is 36.5. The first-order valence-corrected chi connectivity index (χ1v) is 23.5. The third-order valence-electron chi connectivity index (χ3n) is 10.4. The second kappa shape index (κ2) is 43.5. The van der Waals surface area contributed by atoms with Crippen LogP contribution in [0, 0.1) is 0 Å². The first-order chi connectivity index (χ1) is 27.4. The maximum absolute atomic E-state index is 12.8. The van der Waals surface area contributed by atoms with Crippen LogP contribution >= 0.6 is 0 Å². The lowest BCUT2D eigenvalue weighted by Gasteiger charge is -2.18. The van der Waals surface area contributed by atoms with Crippen LogP contribution < -0.4 is 11.1 Å². The first-order valence-electron chi connectivity index (χ1n) is 23.5. The summed E-state index contributed by atoms with van der Waals surface area (Å²) in [6.45, 7) is 4.84. The average Bonchev–Trinajstić information content (AvgIpc) is 3.18. The molecule has 0 bridgehead atoms. The number of carbonyl (C=O) groups is 3. The molecule has 4 N–H and O–H groups in total. The van der Waals surface area contributed by atoms with E-state index in [0.29, 0.717) is 32.2 Å². The van der Waals surface area contributed by atoms with Gasteiger partial charge >= 0.3 is 11.9 Å². The number of rotatable bonds is 42. The van der Waals surface area contributed by atoms with Crippen LogP contribution in [0.3, 0.4) is 0 Å². The van der Waals surface area contributed by atoms with Gasteiger partial charge < -0.3 is 20.9 Å². The van der Waals surface area contributed by atoms with Crippen LogP contribution in [-0.2, 0) is 19.1 Å². The lowest BCUT2D eigenvalue weighted by molar-refractivity contribution is -0.150. The number of allylic oxidation sites excluding steroid dienone is 8. The highest BCUT2D eigenvalue weighted by Crippen LogP contribution is 2.19. The molecule has 0 saturated heterocycles. The van der Waals surface area contributed by atoms with Gasteiger partial charge in [-0.2, -0.15) is 0 Å². The van der Waals surface area contributed by atoms with Gasteiger partial charge in [0.1, 0.15) is 12.1 Å². The van der Waals surface area contributed by atoms with Crippen LogP contribution in [0.25, 0.3) is 0 Å². The standard InChI is InChI=1S/C49H88N2O5/c1-3-5-7-9-11-13-15-16-17-18-19-20-21-22-24-26-28-33-37-43-48(53)56-45(39-34-30-27-25-23-14-12-10-8-6-4-2)40-35-31-29-32-36-42-47(52)51-46(49(54)55)41-38-44-50/h5,7,11,13,16-17,19-20,45-46H,3-4,6,8-10,12,14-15,18,21-44,50H2,1-2H3,(H,51,52)(H,54,55)/b7-5-,13-11-,17-16-,20-19-. The topological polar surface area (TPSA) is 119 Å². The summed E-state index contributed by atoms with van der Waals surface area (Å²) in [4.78, 5) is 36.4. The van der Waals surface area contributed by atoms with Crippen molar-refractivity contribution >= 4 is 17.8 Å². The third kappa shape index (κ3) is 39.6. The number of aliphatic carboxylic acids is 1. The van der Waals surface area contributed by atoms with Crippen molar-refractivity contribution in [3.8, 4) is 0 Å². The van der Waals surface area contributed by atoms with Crippen LogP contribution in [0.5, 0.6) is 0 Å². The predicted molar refractivity (Wildman–Crippen MR) is 239 cm³/mol. The molecule has 0 radical (unpaired) electrons. The van der Waals surface area contributed by atoms with E-state index in [9.17, 15) is 19.5 Å². The van der Waals surface area contributed by atoms with Gasteiger partial charge in [-0.25, -0.2) is 4.79 Å². The molecule has 2 atom stereocenters. The van der Waals surface area contributed by atoms with Crippen LogP contribution in [-0.4, -0.2) is 41.6 Å². The summed E-state index contributed by atoms with van der Waals surface area (Å²) >= 11 is 0. The van der Waals surface area contributed by atoms with Gasteiger partial charge in [0.15, 0.2) is 0 Å². The van der Waals surface area contributed by atoms with E-state index in [0.717, 1.165) is 96.3 Å². The summed E-state index contributed by atoms with van der Waals surface area (Å²) in [6, 6.07) is -0.858. The SMILES string of the molecule is CC/C=C\C/C=C\C/C=C\C/C=C\CCCCCCCCC(=O)OC(CCCCCCCCCCCCC)CCCCCCCC(=O)NC(CCCN)C(=O)O. The molecule has 0 aliphatic carbocycles.